The molecule has 3 N–H and O–H groups in total. The van der Waals surface area contributed by atoms with Crippen LogP contribution in [-0.2, 0) is 16.0 Å². The average molecular weight is 639 g/mol. The third kappa shape index (κ3) is 7.08. The molecule has 3 fully saturated rings. The van der Waals surface area contributed by atoms with Gasteiger partial charge in [-0.3, -0.25) is 14.7 Å². The van der Waals surface area contributed by atoms with Crippen LogP contribution in [0.1, 0.15) is 62.5 Å². The van der Waals surface area contributed by atoms with E-state index in [-0.39, 0.29) is 18.0 Å². The quantitative estimate of drug-likeness (QED) is 0.252. The number of hydrogen-bond acceptors (Lipinski definition) is 9. The lowest BCUT2D eigenvalue weighted by atomic mass is 10.0. The van der Waals surface area contributed by atoms with Gasteiger partial charge in [-0.15, -0.1) is 0 Å². The minimum Gasteiger partial charge on any atom is -0.444 e. The van der Waals surface area contributed by atoms with Crippen LogP contribution in [0.15, 0.2) is 55.0 Å². The molecule has 12 nitrogen and oxygen atoms in total. The number of benzene rings is 1. The average Bonchev–Trinajstić information content (AvgIpc) is 3.58. The minimum absolute atomic E-state index is 0.0189. The van der Waals surface area contributed by atoms with E-state index < -0.39 is 5.60 Å². The van der Waals surface area contributed by atoms with E-state index in [1.807, 2.05) is 57.2 Å². The van der Waals surface area contributed by atoms with Crippen molar-refractivity contribution in [2.75, 3.05) is 36.5 Å². The molecule has 0 saturated carbocycles. The van der Waals surface area contributed by atoms with Crippen molar-refractivity contribution < 1.29 is 19.1 Å². The molecular formula is C35H42N8O4. The molecule has 3 saturated heterocycles. The molecule has 0 aliphatic carbocycles. The van der Waals surface area contributed by atoms with Crippen LogP contribution in [0.2, 0.25) is 0 Å². The Morgan fingerprint density at radius 1 is 1.02 bits per heavy atom. The number of likely N-dealkylation sites (tertiary alicyclic amines) is 1. The van der Waals surface area contributed by atoms with Crippen molar-refractivity contribution in [1.29, 1.82) is 0 Å². The first kappa shape index (κ1) is 31.1. The van der Waals surface area contributed by atoms with E-state index >= 15 is 0 Å². The number of amides is 2. The summed E-state index contributed by atoms with van der Waals surface area (Å²) in [5.74, 6) is 0.692. The molecule has 12 heteroatoms. The van der Waals surface area contributed by atoms with E-state index in [9.17, 15) is 9.59 Å². The molecule has 0 unspecified atom stereocenters. The van der Waals surface area contributed by atoms with Crippen LogP contribution < -0.4 is 15.5 Å². The highest BCUT2D eigenvalue weighted by molar-refractivity contribution is 6.03. The summed E-state index contributed by atoms with van der Waals surface area (Å²) >= 11 is 0. The maximum Gasteiger partial charge on any atom is 0.407 e. The van der Waals surface area contributed by atoms with E-state index in [4.69, 9.17) is 9.47 Å². The van der Waals surface area contributed by atoms with Gasteiger partial charge >= 0.3 is 6.09 Å². The number of carbonyl (C=O) groups excluding carboxylic acids is 2. The molecule has 2 amide bonds. The fourth-order valence-corrected chi connectivity index (χ4v) is 6.94. The number of ether oxygens (including phenoxy) is 2. The van der Waals surface area contributed by atoms with E-state index in [1.165, 1.54) is 0 Å². The van der Waals surface area contributed by atoms with Crippen molar-refractivity contribution in [3.63, 3.8) is 0 Å². The van der Waals surface area contributed by atoms with Gasteiger partial charge in [0, 0.05) is 36.7 Å². The number of nitrogens with zero attached hydrogens (tertiary/aromatic N) is 5. The second-order valence-electron chi connectivity index (χ2n) is 13.8. The number of fused-ring (bicyclic) bond motifs is 3. The summed E-state index contributed by atoms with van der Waals surface area (Å²) < 4.78 is 11.2. The smallest absolute Gasteiger partial charge is 0.407 e. The molecule has 246 valence electrons. The first-order valence-corrected chi connectivity index (χ1v) is 16.5. The highest BCUT2D eigenvalue weighted by atomic mass is 16.6. The molecule has 6 heterocycles. The Labute approximate surface area is 274 Å². The number of aromatic nitrogens is 4. The van der Waals surface area contributed by atoms with Gasteiger partial charge in [0.05, 0.1) is 30.7 Å². The molecule has 4 aromatic rings. The number of pyridine rings is 1. The number of rotatable bonds is 7. The highest BCUT2D eigenvalue weighted by Gasteiger charge is 2.39. The van der Waals surface area contributed by atoms with Crippen LogP contribution in [0.3, 0.4) is 0 Å². The van der Waals surface area contributed by atoms with Gasteiger partial charge in [-0.2, -0.15) is 0 Å². The second kappa shape index (κ2) is 12.9. The monoisotopic (exact) mass is 638 g/mol. The maximum absolute atomic E-state index is 13.2. The molecule has 3 atom stereocenters. The Hall–Kier alpha value is -4.55. The van der Waals surface area contributed by atoms with Crippen LogP contribution in [0.4, 0.5) is 16.3 Å². The molecule has 3 aliphatic heterocycles. The third-order valence-corrected chi connectivity index (χ3v) is 9.03. The van der Waals surface area contributed by atoms with Crippen LogP contribution in [0.25, 0.3) is 22.3 Å². The highest BCUT2D eigenvalue weighted by Crippen LogP contribution is 2.37. The van der Waals surface area contributed by atoms with Crippen LogP contribution in [0.5, 0.6) is 0 Å². The summed E-state index contributed by atoms with van der Waals surface area (Å²) in [5.41, 5.74) is 4.22. The first-order chi connectivity index (χ1) is 22.7. The normalized spacial score (nSPS) is 21.5. The Morgan fingerprint density at radius 2 is 1.81 bits per heavy atom. The SMILES string of the molecule is CC(C)(C)OC(=O)N[C@@H]1CCCN(Cc2ccnc(C(=O)Nc3ccc(-c4cc5c(N6[C@@H]7CC[C@H]6COC7)ncnc5[nH]4)cc3)c2)C1. The molecule has 47 heavy (non-hydrogen) atoms. The van der Waals surface area contributed by atoms with Crippen LogP contribution in [0, 0.1) is 0 Å². The lowest BCUT2D eigenvalue weighted by Gasteiger charge is -2.35. The molecule has 0 spiro atoms. The number of H-pyrrole nitrogens is 1. The second-order valence-corrected chi connectivity index (χ2v) is 13.8. The van der Waals surface area contributed by atoms with E-state index in [2.05, 4.69) is 46.4 Å². The zero-order chi connectivity index (χ0) is 32.5. The Morgan fingerprint density at radius 3 is 2.57 bits per heavy atom. The third-order valence-electron chi connectivity index (χ3n) is 9.03. The number of aromatic amines is 1. The van der Waals surface area contributed by atoms with E-state index in [1.54, 1.807) is 12.5 Å². The first-order valence-electron chi connectivity index (χ1n) is 16.5. The predicted molar refractivity (Wildman–Crippen MR) is 179 cm³/mol. The maximum atomic E-state index is 13.2. The topological polar surface area (TPSA) is 138 Å². The summed E-state index contributed by atoms with van der Waals surface area (Å²) in [7, 11) is 0. The van der Waals surface area contributed by atoms with Crippen LogP contribution in [-0.4, -0.2) is 86.9 Å². The van der Waals surface area contributed by atoms with Crippen LogP contribution >= 0.6 is 0 Å². The van der Waals surface area contributed by atoms with Gasteiger partial charge in [0.15, 0.2) is 0 Å². The molecule has 0 radical (unpaired) electrons. The number of anilines is 2. The van der Waals surface area contributed by atoms with E-state index in [0.29, 0.717) is 36.6 Å². The van der Waals surface area contributed by atoms with Gasteiger partial charge in [-0.05, 0) is 94.5 Å². The molecule has 1 aromatic carbocycles. The number of nitrogens with one attached hydrogen (secondary N) is 3. The number of carbonyl (C=O) groups is 2. The van der Waals surface area contributed by atoms with Crippen molar-refractivity contribution in [2.45, 2.75) is 76.7 Å². The predicted octanol–water partition coefficient (Wildman–Crippen LogP) is 5.13. The molecule has 3 aromatic heterocycles. The fraction of sp³-hybridized carbons (Fsp3) is 0.457. The summed E-state index contributed by atoms with van der Waals surface area (Å²) in [6.07, 6.45) is 7.02. The van der Waals surface area contributed by atoms with Crippen molar-refractivity contribution in [2.24, 2.45) is 0 Å². The number of morpholine rings is 1. The minimum atomic E-state index is -0.533. The standard InChI is InChI=1S/C35H42N8O4/c1-35(2,3)47-34(45)40-25-5-4-14-42(18-25)17-22-12-13-36-30(15-22)33(44)39-24-8-6-23(7-9-24)29-16-28-31(41-29)37-21-38-32(28)43-26-10-11-27(43)20-46-19-26/h6-9,12-13,15-16,21,25-27H,4-5,10-11,14,17-20H2,1-3H3,(H,39,44)(H,40,45)(H,37,38,41)/t25-,26-,27+/m1/s1. The summed E-state index contributed by atoms with van der Waals surface area (Å²) in [6.45, 7) is 9.34. The summed E-state index contributed by atoms with van der Waals surface area (Å²) in [6, 6.07) is 14.3. The number of piperidine rings is 1. The van der Waals surface area contributed by atoms with Gasteiger partial charge in [-0.25, -0.2) is 14.8 Å². The Balaban J connectivity index is 0.979. The van der Waals surface area contributed by atoms with Gasteiger partial charge in [-0.1, -0.05) is 12.1 Å². The summed E-state index contributed by atoms with van der Waals surface area (Å²) in [5, 5.41) is 6.98. The van der Waals surface area contributed by atoms with Gasteiger partial charge in [0.2, 0.25) is 0 Å². The lowest BCUT2D eigenvalue weighted by Crippen LogP contribution is -2.48. The zero-order valence-electron chi connectivity index (χ0n) is 27.2. The molecule has 7 rings (SSSR count). The van der Waals surface area contributed by atoms with Gasteiger partial charge < -0.3 is 30.0 Å². The van der Waals surface area contributed by atoms with Gasteiger partial charge in [0.25, 0.3) is 5.91 Å². The summed E-state index contributed by atoms with van der Waals surface area (Å²) in [4.78, 5) is 47.1. The lowest BCUT2D eigenvalue weighted by molar-refractivity contribution is 0.0470. The van der Waals surface area contributed by atoms with E-state index in [0.717, 1.165) is 79.1 Å². The Bertz CT molecular complexity index is 1730. The largest absolute Gasteiger partial charge is 0.444 e. The molecule has 2 bridgehead atoms. The van der Waals surface area contributed by atoms with Crippen molar-refractivity contribution in [3.05, 3.63) is 66.2 Å². The Kier molecular flexibility index (Phi) is 8.54. The molecular weight excluding hydrogens is 596 g/mol. The van der Waals surface area contributed by atoms with Crippen molar-refractivity contribution in [1.82, 2.24) is 30.2 Å². The zero-order valence-corrected chi connectivity index (χ0v) is 27.2. The number of alkyl carbamates (subject to hydrolysis) is 1. The molecule has 3 aliphatic rings. The van der Waals surface area contributed by atoms with Crippen molar-refractivity contribution >= 4 is 34.5 Å². The number of hydrogen-bond donors (Lipinski definition) is 3. The van der Waals surface area contributed by atoms with Crippen molar-refractivity contribution in [3.8, 4) is 11.3 Å². The van der Waals surface area contributed by atoms with Gasteiger partial charge in [0.1, 0.15) is 29.1 Å². The fourth-order valence-electron chi connectivity index (χ4n) is 6.94.